The van der Waals surface area contributed by atoms with Gasteiger partial charge in [-0.1, -0.05) is 42.5 Å². The smallest absolute Gasteiger partial charge is 0.296 e. The van der Waals surface area contributed by atoms with E-state index in [1.54, 1.807) is 18.2 Å². The van der Waals surface area contributed by atoms with Crippen molar-refractivity contribution in [1.29, 1.82) is 0 Å². The van der Waals surface area contributed by atoms with E-state index in [1.165, 1.54) is 0 Å². The Balaban J connectivity index is 1.59. The molecule has 0 atom stereocenters. The Morgan fingerprint density at radius 1 is 0.692 bits per heavy atom. The zero-order valence-corrected chi connectivity index (χ0v) is 21.7. The number of hydrogen-bond donors (Lipinski definition) is 3. The van der Waals surface area contributed by atoms with Crippen LogP contribution in [0.1, 0.15) is 0 Å². The van der Waals surface area contributed by atoms with E-state index < -0.39 is 30.0 Å². The zero-order valence-electron chi connectivity index (χ0n) is 20.1. The van der Waals surface area contributed by atoms with E-state index in [4.69, 9.17) is 4.98 Å². The van der Waals surface area contributed by atoms with Crippen molar-refractivity contribution in [3.63, 3.8) is 0 Å². The van der Waals surface area contributed by atoms with Gasteiger partial charge in [0.25, 0.3) is 20.2 Å². The van der Waals surface area contributed by atoms with Gasteiger partial charge in [-0.25, -0.2) is 4.98 Å². The fraction of sp³-hybridized carbons (Fsp3) is 0. The van der Waals surface area contributed by atoms with Gasteiger partial charge in [-0.15, -0.1) is 4.57 Å². The highest BCUT2D eigenvalue weighted by atomic mass is 32.2. The molecule has 0 aliphatic heterocycles. The Kier molecular flexibility index (Phi) is 5.81. The molecule has 0 fully saturated rings. The van der Waals surface area contributed by atoms with Crippen LogP contribution in [0.4, 0.5) is 11.4 Å². The molecule has 6 rings (SSSR count). The minimum Gasteiger partial charge on any atom is -0.354 e. The molecule has 1 heterocycles. The summed E-state index contributed by atoms with van der Waals surface area (Å²) in [6, 6.07) is 29.9. The van der Waals surface area contributed by atoms with Crippen molar-refractivity contribution in [1.82, 2.24) is 4.98 Å². The number of benzene rings is 5. The molecule has 0 radical (unpaired) electrons. The molecule has 194 valence electrons. The SMILES string of the molecule is O=S(=O)(O)c1ccc(Nc2ccc3nc4c5ccccc5ccc4[n+](-c4ccccc4)c3c2)c(S(=O)(=O)O)c1. The molecule has 1 aromatic heterocycles. The number of para-hydroxylation sites is 1. The van der Waals surface area contributed by atoms with Crippen molar-refractivity contribution in [2.45, 2.75) is 9.79 Å². The Labute approximate surface area is 223 Å². The van der Waals surface area contributed by atoms with Crippen LogP contribution in [-0.4, -0.2) is 30.9 Å². The zero-order chi connectivity index (χ0) is 27.4. The van der Waals surface area contributed by atoms with Gasteiger partial charge < -0.3 is 5.32 Å². The second-order valence-electron chi connectivity index (χ2n) is 8.87. The average Bonchev–Trinajstić information content (AvgIpc) is 2.91. The van der Waals surface area contributed by atoms with Crippen molar-refractivity contribution in [3.8, 4) is 5.69 Å². The number of fused-ring (bicyclic) bond motifs is 4. The molecule has 0 spiro atoms. The summed E-state index contributed by atoms with van der Waals surface area (Å²) in [5, 5.41) is 5.01. The van der Waals surface area contributed by atoms with Crippen molar-refractivity contribution in [2.24, 2.45) is 0 Å². The van der Waals surface area contributed by atoms with Gasteiger partial charge in [-0.3, -0.25) is 9.11 Å². The maximum atomic E-state index is 12.1. The molecule has 0 bridgehead atoms. The van der Waals surface area contributed by atoms with Crippen LogP contribution in [-0.2, 0) is 20.2 Å². The maximum Gasteiger partial charge on any atom is 0.296 e. The molecule has 0 saturated heterocycles. The monoisotopic (exact) mass is 558 g/mol. The molecule has 5 aromatic carbocycles. The van der Waals surface area contributed by atoms with Crippen LogP contribution in [0.25, 0.3) is 38.5 Å². The molecule has 11 heteroatoms. The van der Waals surface area contributed by atoms with Crippen molar-refractivity contribution in [2.75, 3.05) is 5.32 Å². The Hall–Kier alpha value is -4.42. The lowest BCUT2D eigenvalue weighted by molar-refractivity contribution is -0.538. The highest BCUT2D eigenvalue weighted by Gasteiger charge is 2.23. The summed E-state index contributed by atoms with van der Waals surface area (Å²) in [7, 11) is -9.53. The van der Waals surface area contributed by atoms with Gasteiger partial charge in [-0.05, 0) is 41.8 Å². The minimum absolute atomic E-state index is 0.0738. The number of aromatic nitrogens is 2. The summed E-state index contributed by atoms with van der Waals surface area (Å²) < 4.78 is 68.3. The third-order valence-electron chi connectivity index (χ3n) is 6.39. The van der Waals surface area contributed by atoms with Crippen LogP contribution in [0, 0.1) is 0 Å². The van der Waals surface area contributed by atoms with Crippen LogP contribution in [0.5, 0.6) is 0 Å². The summed E-state index contributed by atoms with van der Waals surface area (Å²) in [4.78, 5) is 3.60. The third kappa shape index (κ3) is 4.57. The predicted octanol–water partition coefficient (Wildman–Crippen LogP) is 5.05. The van der Waals surface area contributed by atoms with Crippen molar-refractivity contribution >= 4 is 64.5 Å². The fourth-order valence-electron chi connectivity index (χ4n) is 4.66. The summed E-state index contributed by atoms with van der Waals surface area (Å²) in [6.07, 6.45) is 0. The van der Waals surface area contributed by atoms with E-state index in [0.717, 1.165) is 45.1 Å². The quantitative estimate of drug-likeness (QED) is 0.116. The highest BCUT2D eigenvalue weighted by Crippen LogP contribution is 2.30. The molecule has 9 nitrogen and oxygen atoms in total. The van der Waals surface area contributed by atoms with Gasteiger partial charge in [0, 0.05) is 35.3 Å². The van der Waals surface area contributed by atoms with Crippen LogP contribution in [0.2, 0.25) is 0 Å². The molecular weight excluding hydrogens is 538 g/mol. The number of rotatable bonds is 5. The van der Waals surface area contributed by atoms with Gasteiger partial charge in [0.05, 0.1) is 10.6 Å². The molecule has 0 unspecified atom stereocenters. The van der Waals surface area contributed by atoms with Crippen LogP contribution >= 0.6 is 0 Å². The van der Waals surface area contributed by atoms with Gasteiger partial charge in [0.15, 0.2) is 0 Å². The van der Waals surface area contributed by atoms with Gasteiger partial charge >= 0.3 is 0 Å². The van der Waals surface area contributed by atoms with Gasteiger partial charge in [0.2, 0.25) is 16.7 Å². The fourth-order valence-corrected chi connectivity index (χ4v) is 5.91. The Morgan fingerprint density at radius 2 is 1.44 bits per heavy atom. The molecule has 0 aliphatic rings. The lowest BCUT2D eigenvalue weighted by Gasteiger charge is -2.12. The molecular formula is C28H20N3O6S2+. The normalized spacial score (nSPS) is 12.3. The number of nitrogens with zero attached hydrogens (tertiary/aromatic N) is 2. The van der Waals surface area contributed by atoms with Crippen LogP contribution in [0.3, 0.4) is 0 Å². The summed E-state index contributed by atoms with van der Waals surface area (Å²) >= 11 is 0. The van der Waals surface area contributed by atoms with Crippen LogP contribution in [0.15, 0.2) is 113 Å². The van der Waals surface area contributed by atoms with Crippen LogP contribution < -0.4 is 9.88 Å². The van der Waals surface area contributed by atoms with Gasteiger partial charge in [-0.2, -0.15) is 16.8 Å². The number of anilines is 2. The second-order valence-corrected chi connectivity index (χ2v) is 11.7. The van der Waals surface area contributed by atoms with E-state index in [1.807, 2.05) is 66.7 Å². The number of nitrogens with one attached hydrogen (secondary N) is 1. The first-order chi connectivity index (χ1) is 18.6. The van der Waals surface area contributed by atoms with Crippen molar-refractivity contribution in [3.05, 3.63) is 103 Å². The first-order valence-corrected chi connectivity index (χ1v) is 14.6. The molecule has 3 N–H and O–H groups in total. The number of hydrogen-bond acceptors (Lipinski definition) is 6. The standard InChI is InChI=1S/C28H19N3O6S2/c32-38(33,34)21-12-14-24(27(17-21)39(35,36)37)29-19-11-13-23-26(16-19)31(20-7-2-1-3-8-20)25-15-10-18-6-4-5-9-22(18)28(25)30-23/h1-17H,(H2,32,33,34,35,36,37)/p+1. The van der Waals surface area contributed by atoms with E-state index in [9.17, 15) is 25.9 Å². The highest BCUT2D eigenvalue weighted by molar-refractivity contribution is 7.86. The minimum atomic E-state index is -4.84. The summed E-state index contributed by atoms with van der Waals surface area (Å²) in [6.45, 7) is 0. The first kappa shape index (κ1) is 24.9. The molecule has 0 saturated carbocycles. The largest absolute Gasteiger partial charge is 0.354 e. The van der Waals surface area contributed by atoms with E-state index in [-0.39, 0.29) is 5.69 Å². The second kappa shape index (κ2) is 9.10. The lowest BCUT2D eigenvalue weighted by atomic mass is 10.1. The van der Waals surface area contributed by atoms with Crippen molar-refractivity contribution < 1.29 is 30.5 Å². The molecule has 0 aliphatic carbocycles. The topological polar surface area (TPSA) is 138 Å². The molecule has 0 amide bonds. The maximum absolute atomic E-state index is 12.1. The lowest BCUT2D eigenvalue weighted by Crippen LogP contribution is -2.33. The first-order valence-electron chi connectivity index (χ1n) is 11.7. The van der Waals surface area contributed by atoms with E-state index in [2.05, 4.69) is 9.88 Å². The van der Waals surface area contributed by atoms with Gasteiger partial charge in [0.1, 0.15) is 15.9 Å². The van der Waals surface area contributed by atoms with E-state index in [0.29, 0.717) is 17.3 Å². The molecule has 6 aromatic rings. The summed E-state index contributed by atoms with van der Waals surface area (Å²) in [5.74, 6) is 0. The third-order valence-corrected chi connectivity index (χ3v) is 8.13. The Morgan fingerprint density at radius 3 is 2.18 bits per heavy atom. The van der Waals surface area contributed by atoms with E-state index >= 15 is 0 Å². The average molecular weight is 559 g/mol. The molecule has 39 heavy (non-hydrogen) atoms. The Bertz CT molecular complexity index is 2150. The summed E-state index contributed by atoms with van der Waals surface area (Å²) in [5.41, 5.74) is 4.36. The predicted molar refractivity (Wildman–Crippen MR) is 148 cm³/mol.